The van der Waals surface area contributed by atoms with Crippen molar-refractivity contribution in [3.05, 3.63) is 22.7 Å². The predicted molar refractivity (Wildman–Crippen MR) is 42.7 cm³/mol. The summed E-state index contributed by atoms with van der Waals surface area (Å²) in [6, 6.07) is 0.738. The maximum atomic E-state index is 10.9. The molecule has 1 heterocycles. The van der Waals surface area contributed by atoms with Crippen LogP contribution in [0.5, 0.6) is 0 Å². The van der Waals surface area contributed by atoms with E-state index in [4.69, 9.17) is 5.73 Å². The van der Waals surface area contributed by atoms with Crippen LogP contribution in [-0.4, -0.2) is 15.6 Å². The molecule has 2 amide bonds. The largest absolute Gasteiger partial charge is 0.351 e. The minimum Gasteiger partial charge on any atom is -0.351 e. The number of carbonyl (C=O) groups excluding carboxylic acids is 1. The van der Waals surface area contributed by atoms with Crippen LogP contribution >= 0.6 is 0 Å². The van der Waals surface area contributed by atoms with Crippen molar-refractivity contribution in [3.8, 4) is 0 Å². The predicted octanol–water partition coefficient (Wildman–Crippen LogP) is -0.729. The zero-order valence-electron chi connectivity index (χ0n) is 6.44. The molecule has 64 valence electrons. The Morgan fingerprint density at radius 2 is 2.42 bits per heavy atom. The van der Waals surface area contributed by atoms with Crippen LogP contribution in [0.15, 0.2) is 17.1 Å². The van der Waals surface area contributed by atoms with Gasteiger partial charge in [0.25, 0.3) is 0 Å². The number of primary amides is 1. The molecule has 0 atom stereocenters. The molecule has 12 heavy (non-hydrogen) atoms. The first-order valence-electron chi connectivity index (χ1n) is 3.20. The van der Waals surface area contributed by atoms with Crippen LogP contribution in [0, 0.1) is 0 Å². The van der Waals surface area contributed by atoms with Gasteiger partial charge in [0.1, 0.15) is 5.82 Å². The fraction of sp³-hybridized carbons (Fsp3) is 0.167. The second kappa shape index (κ2) is 3.04. The topological polar surface area (TPSA) is 90.0 Å². The molecule has 0 spiro atoms. The fourth-order valence-electron chi connectivity index (χ4n) is 0.661. The highest BCUT2D eigenvalue weighted by Gasteiger charge is 1.98. The Morgan fingerprint density at radius 3 is 2.92 bits per heavy atom. The van der Waals surface area contributed by atoms with Crippen molar-refractivity contribution in [3.63, 3.8) is 0 Å². The molecular formula is C6H8N4O2. The molecule has 0 aromatic carbocycles. The van der Waals surface area contributed by atoms with Gasteiger partial charge in [-0.1, -0.05) is 0 Å². The van der Waals surface area contributed by atoms with Crippen molar-refractivity contribution < 1.29 is 4.79 Å². The molecular weight excluding hydrogens is 160 g/mol. The van der Waals surface area contributed by atoms with Gasteiger partial charge < -0.3 is 10.3 Å². The summed E-state index contributed by atoms with van der Waals surface area (Å²) in [5, 5.41) is 2.19. The number of rotatable bonds is 1. The van der Waals surface area contributed by atoms with Gasteiger partial charge >= 0.3 is 11.7 Å². The number of aryl methyl sites for hydroxylation is 1. The number of anilines is 1. The molecule has 0 radical (unpaired) electrons. The van der Waals surface area contributed by atoms with Gasteiger partial charge in [-0.2, -0.15) is 4.98 Å². The van der Waals surface area contributed by atoms with E-state index in [1.54, 1.807) is 7.05 Å². The van der Waals surface area contributed by atoms with Gasteiger partial charge in [0.2, 0.25) is 0 Å². The third kappa shape index (κ3) is 1.82. The lowest BCUT2D eigenvalue weighted by Crippen LogP contribution is -2.25. The molecule has 0 saturated carbocycles. The summed E-state index contributed by atoms with van der Waals surface area (Å²) < 4.78 is 1.28. The van der Waals surface area contributed by atoms with E-state index in [1.807, 2.05) is 0 Å². The lowest BCUT2D eigenvalue weighted by atomic mass is 10.6. The maximum absolute atomic E-state index is 10.9. The Balaban J connectivity index is 2.97. The van der Waals surface area contributed by atoms with Crippen molar-refractivity contribution in [2.75, 3.05) is 5.32 Å². The van der Waals surface area contributed by atoms with Gasteiger partial charge in [-0.15, -0.1) is 0 Å². The molecule has 0 aliphatic rings. The van der Waals surface area contributed by atoms with Crippen molar-refractivity contribution >= 4 is 11.8 Å². The van der Waals surface area contributed by atoms with Crippen molar-refractivity contribution in [2.24, 2.45) is 12.8 Å². The number of urea groups is 1. The van der Waals surface area contributed by atoms with Crippen molar-refractivity contribution in [2.45, 2.75) is 0 Å². The molecule has 1 rings (SSSR count). The summed E-state index contributed by atoms with van der Waals surface area (Å²) in [5.74, 6) is 0.158. The number of nitrogens with two attached hydrogens (primary N) is 1. The lowest BCUT2D eigenvalue weighted by Gasteiger charge is -1.99. The first-order valence-corrected chi connectivity index (χ1v) is 3.20. The molecule has 3 N–H and O–H groups in total. The first kappa shape index (κ1) is 8.25. The molecule has 6 heteroatoms. The quantitative estimate of drug-likeness (QED) is 0.579. The van der Waals surface area contributed by atoms with E-state index in [1.165, 1.54) is 16.8 Å². The minimum absolute atomic E-state index is 0.158. The third-order valence-electron chi connectivity index (χ3n) is 1.23. The van der Waals surface area contributed by atoms with Gasteiger partial charge in [0.05, 0.1) is 0 Å². The van der Waals surface area contributed by atoms with Gasteiger partial charge in [0.15, 0.2) is 0 Å². The third-order valence-corrected chi connectivity index (χ3v) is 1.23. The summed E-state index contributed by atoms with van der Waals surface area (Å²) in [5.41, 5.74) is 4.37. The Morgan fingerprint density at radius 1 is 1.75 bits per heavy atom. The zero-order valence-corrected chi connectivity index (χ0v) is 6.44. The van der Waals surface area contributed by atoms with Crippen LogP contribution in [0.3, 0.4) is 0 Å². The summed E-state index contributed by atoms with van der Waals surface area (Å²) >= 11 is 0. The van der Waals surface area contributed by atoms with E-state index < -0.39 is 11.7 Å². The van der Waals surface area contributed by atoms with Crippen LogP contribution in [-0.2, 0) is 7.05 Å². The summed E-state index contributed by atoms with van der Waals surface area (Å²) in [6.07, 6.45) is 1.49. The summed E-state index contributed by atoms with van der Waals surface area (Å²) in [7, 11) is 1.56. The highest BCUT2D eigenvalue weighted by atomic mass is 16.2. The summed E-state index contributed by atoms with van der Waals surface area (Å²) in [4.78, 5) is 24.7. The number of hydrogen-bond acceptors (Lipinski definition) is 3. The van der Waals surface area contributed by atoms with Crippen LogP contribution in [0.1, 0.15) is 0 Å². The summed E-state index contributed by atoms with van der Waals surface area (Å²) in [6.45, 7) is 0. The molecule has 1 aromatic rings. The zero-order chi connectivity index (χ0) is 9.14. The highest BCUT2D eigenvalue weighted by Crippen LogP contribution is 1.94. The first-order chi connectivity index (χ1) is 5.59. The Bertz CT molecular complexity index is 357. The van der Waals surface area contributed by atoms with Crippen LogP contribution in [0.25, 0.3) is 0 Å². The number of hydrogen-bond donors (Lipinski definition) is 2. The molecule has 6 nitrogen and oxygen atoms in total. The molecule has 0 bridgehead atoms. The smallest absolute Gasteiger partial charge is 0.349 e. The van der Waals surface area contributed by atoms with E-state index in [-0.39, 0.29) is 5.82 Å². The van der Waals surface area contributed by atoms with Crippen molar-refractivity contribution in [1.82, 2.24) is 9.55 Å². The maximum Gasteiger partial charge on any atom is 0.349 e. The van der Waals surface area contributed by atoms with Crippen molar-refractivity contribution in [1.29, 1.82) is 0 Å². The molecule has 0 saturated heterocycles. The van der Waals surface area contributed by atoms with Crippen LogP contribution in [0.2, 0.25) is 0 Å². The van der Waals surface area contributed by atoms with E-state index >= 15 is 0 Å². The van der Waals surface area contributed by atoms with Gasteiger partial charge in [-0.3, -0.25) is 5.32 Å². The second-order valence-corrected chi connectivity index (χ2v) is 2.20. The van der Waals surface area contributed by atoms with Gasteiger partial charge in [0, 0.05) is 13.2 Å². The number of carbonyl (C=O) groups is 1. The Labute approximate surface area is 68.0 Å². The molecule has 0 fully saturated rings. The second-order valence-electron chi connectivity index (χ2n) is 2.20. The lowest BCUT2D eigenvalue weighted by molar-refractivity contribution is 0.259. The molecule has 0 aliphatic carbocycles. The van der Waals surface area contributed by atoms with E-state index in [0.29, 0.717) is 0 Å². The molecule has 0 unspecified atom stereocenters. The van der Waals surface area contributed by atoms with E-state index in [9.17, 15) is 9.59 Å². The van der Waals surface area contributed by atoms with Crippen LogP contribution in [0.4, 0.5) is 10.6 Å². The number of amides is 2. The highest BCUT2D eigenvalue weighted by molar-refractivity contribution is 5.86. The number of nitrogens with one attached hydrogen (secondary N) is 1. The monoisotopic (exact) mass is 168 g/mol. The number of aromatic nitrogens is 2. The molecule has 0 aliphatic heterocycles. The SMILES string of the molecule is Cn1ccc(NC(N)=O)nc1=O. The average Bonchev–Trinajstić information content (AvgIpc) is 1.96. The number of nitrogens with zero attached hydrogens (tertiary/aromatic N) is 2. The Hall–Kier alpha value is -1.85. The minimum atomic E-state index is -0.740. The standard InChI is InChI=1S/C6H8N4O2/c1-10-3-2-4(8-5(7)11)9-6(10)12/h2-3H,1H3,(H3,7,8,9,11,12). The Kier molecular flexibility index (Phi) is 2.09. The molecule has 1 aromatic heterocycles. The van der Waals surface area contributed by atoms with E-state index in [0.717, 1.165) is 0 Å². The average molecular weight is 168 g/mol. The van der Waals surface area contributed by atoms with Gasteiger partial charge in [-0.25, -0.2) is 9.59 Å². The van der Waals surface area contributed by atoms with Crippen LogP contribution < -0.4 is 16.7 Å². The fourth-order valence-corrected chi connectivity index (χ4v) is 0.661. The van der Waals surface area contributed by atoms with Gasteiger partial charge in [-0.05, 0) is 6.07 Å². The van der Waals surface area contributed by atoms with E-state index in [2.05, 4.69) is 10.3 Å². The normalized spacial score (nSPS) is 9.42.